The molecule has 0 atom stereocenters. The van der Waals surface area contributed by atoms with Crippen molar-refractivity contribution in [1.82, 2.24) is 0 Å². The number of halogens is 3. The third kappa shape index (κ3) is 5.55. The molecule has 3 aromatic rings. The van der Waals surface area contributed by atoms with E-state index in [2.05, 4.69) is 0 Å². The average Bonchev–Trinajstić information content (AvgIpc) is 2.85. The van der Waals surface area contributed by atoms with Gasteiger partial charge in [-0.15, -0.1) is 0 Å². The molecule has 0 saturated heterocycles. The molecule has 0 bridgehead atoms. The van der Waals surface area contributed by atoms with Crippen molar-refractivity contribution in [3.63, 3.8) is 0 Å². The van der Waals surface area contributed by atoms with E-state index in [0.717, 1.165) is 25.7 Å². The first-order valence-electron chi connectivity index (χ1n) is 11.7. The summed E-state index contributed by atoms with van der Waals surface area (Å²) in [6.45, 7) is 3.09. The summed E-state index contributed by atoms with van der Waals surface area (Å²) < 4.78 is 55.0. The van der Waals surface area contributed by atoms with E-state index >= 15 is 0 Å². The lowest BCUT2D eigenvalue weighted by atomic mass is 9.78. The molecule has 0 aromatic heterocycles. The summed E-state index contributed by atoms with van der Waals surface area (Å²) in [5, 5.41) is 9.42. The van der Waals surface area contributed by atoms with Crippen molar-refractivity contribution in [3.05, 3.63) is 83.2 Å². The van der Waals surface area contributed by atoms with Crippen LogP contribution in [0.2, 0.25) is 0 Å². The van der Waals surface area contributed by atoms with E-state index in [1.165, 1.54) is 18.2 Å². The zero-order valence-corrected chi connectivity index (χ0v) is 19.2. The summed E-state index contributed by atoms with van der Waals surface area (Å²) >= 11 is 0. The molecule has 0 spiro atoms. The molecule has 3 aromatic carbocycles. The van der Waals surface area contributed by atoms with Crippen LogP contribution >= 0.6 is 0 Å². The van der Waals surface area contributed by atoms with Crippen LogP contribution in [0, 0.1) is 23.4 Å². The second kappa shape index (κ2) is 11.0. The molecule has 3 nitrogen and oxygen atoms in total. The second-order valence-corrected chi connectivity index (χ2v) is 8.80. The Morgan fingerprint density at radius 2 is 1.62 bits per heavy atom. The quantitative estimate of drug-likeness (QED) is 0.374. The van der Waals surface area contributed by atoms with Gasteiger partial charge in [-0.1, -0.05) is 30.3 Å². The molecule has 180 valence electrons. The predicted octanol–water partition coefficient (Wildman–Crippen LogP) is 7.37. The minimum Gasteiger partial charge on any atom is -0.508 e. The molecule has 4 rings (SSSR count). The Balaban J connectivity index is 1.33. The molecule has 0 radical (unpaired) electrons. The first-order chi connectivity index (χ1) is 16.5. The van der Waals surface area contributed by atoms with Gasteiger partial charge in [-0.25, -0.2) is 13.2 Å². The lowest BCUT2D eigenvalue weighted by molar-refractivity contribution is 0.131. The number of ether oxygens (including phenoxy) is 2. The van der Waals surface area contributed by atoms with Crippen LogP contribution in [-0.2, 0) is 11.3 Å². The molecule has 0 amide bonds. The maximum Gasteiger partial charge on any atom is 0.166 e. The Hall–Kier alpha value is -2.99. The van der Waals surface area contributed by atoms with Gasteiger partial charge < -0.3 is 14.6 Å². The van der Waals surface area contributed by atoms with Crippen LogP contribution in [0.3, 0.4) is 0 Å². The summed E-state index contributed by atoms with van der Waals surface area (Å²) in [5.74, 6) is -1.20. The predicted molar refractivity (Wildman–Crippen MR) is 125 cm³/mol. The Labute approximate surface area is 198 Å². The van der Waals surface area contributed by atoms with Gasteiger partial charge in [0.05, 0.1) is 13.2 Å². The maximum absolute atomic E-state index is 14.9. The van der Waals surface area contributed by atoms with Crippen LogP contribution in [0.25, 0.3) is 11.1 Å². The van der Waals surface area contributed by atoms with Gasteiger partial charge in [-0.3, -0.25) is 0 Å². The Morgan fingerprint density at radius 1 is 0.882 bits per heavy atom. The first-order valence-corrected chi connectivity index (χ1v) is 11.7. The molecule has 1 aliphatic rings. The van der Waals surface area contributed by atoms with Crippen molar-refractivity contribution in [3.8, 4) is 22.6 Å². The fraction of sp³-hybridized carbons (Fsp3) is 0.357. The zero-order valence-electron chi connectivity index (χ0n) is 19.2. The first kappa shape index (κ1) is 24.1. The molecule has 0 heterocycles. The Bertz CT molecular complexity index is 1110. The Morgan fingerprint density at radius 3 is 2.29 bits per heavy atom. The fourth-order valence-electron chi connectivity index (χ4n) is 4.54. The van der Waals surface area contributed by atoms with E-state index in [9.17, 15) is 18.3 Å². The maximum atomic E-state index is 14.9. The van der Waals surface area contributed by atoms with Crippen molar-refractivity contribution in [2.45, 2.75) is 45.1 Å². The topological polar surface area (TPSA) is 38.7 Å². The molecule has 0 aliphatic heterocycles. The van der Waals surface area contributed by atoms with Crippen LogP contribution in [0.4, 0.5) is 13.2 Å². The van der Waals surface area contributed by atoms with Crippen molar-refractivity contribution in [1.29, 1.82) is 0 Å². The van der Waals surface area contributed by atoms with E-state index in [0.29, 0.717) is 35.7 Å². The molecule has 0 unspecified atom stereocenters. The van der Waals surface area contributed by atoms with E-state index in [-0.39, 0.29) is 35.6 Å². The van der Waals surface area contributed by atoms with Gasteiger partial charge in [-0.05, 0) is 73.8 Å². The molecule has 1 N–H and O–H groups in total. The van der Waals surface area contributed by atoms with Crippen molar-refractivity contribution in [2.75, 3.05) is 13.2 Å². The molecular formula is C28H29F3O3. The van der Waals surface area contributed by atoms with E-state index in [1.54, 1.807) is 36.4 Å². The summed E-state index contributed by atoms with van der Waals surface area (Å²) in [6, 6.07) is 14.1. The summed E-state index contributed by atoms with van der Waals surface area (Å²) in [5.41, 5.74) is 1.61. The van der Waals surface area contributed by atoms with Crippen molar-refractivity contribution < 1.29 is 27.8 Å². The monoisotopic (exact) mass is 470 g/mol. The number of hydrogen-bond donors (Lipinski definition) is 1. The van der Waals surface area contributed by atoms with Crippen LogP contribution in [0.5, 0.6) is 11.5 Å². The summed E-state index contributed by atoms with van der Waals surface area (Å²) in [7, 11) is 0. The molecule has 34 heavy (non-hydrogen) atoms. The van der Waals surface area contributed by atoms with Gasteiger partial charge in [0.15, 0.2) is 11.6 Å². The number of aromatic hydroxyl groups is 1. The standard InChI is InChI=1S/C28H29F3O3/c1-2-33-17-21-9-12-23(15-26(21)29)34-16-18-3-5-19(6-4-18)24-13-14-25(28(31)27(24)30)20-7-10-22(32)11-8-20/h7-15,18-19,32H,2-6,16-17H2,1H3. The highest BCUT2D eigenvalue weighted by Gasteiger charge is 2.27. The fourth-order valence-corrected chi connectivity index (χ4v) is 4.54. The summed E-state index contributed by atoms with van der Waals surface area (Å²) in [6.07, 6.45) is 3.14. The Kier molecular flexibility index (Phi) is 7.78. The van der Waals surface area contributed by atoms with Gasteiger partial charge in [-0.2, -0.15) is 0 Å². The average molecular weight is 471 g/mol. The van der Waals surface area contributed by atoms with Gasteiger partial charge in [0.1, 0.15) is 17.3 Å². The minimum atomic E-state index is -0.858. The molecule has 1 fully saturated rings. The van der Waals surface area contributed by atoms with Gasteiger partial charge in [0, 0.05) is 23.8 Å². The molecular weight excluding hydrogens is 441 g/mol. The van der Waals surface area contributed by atoms with Gasteiger partial charge in [0.2, 0.25) is 0 Å². The highest BCUT2D eigenvalue weighted by atomic mass is 19.2. The zero-order chi connectivity index (χ0) is 24.1. The normalized spacial score (nSPS) is 18.1. The van der Waals surface area contributed by atoms with Crippen molar-refractivity contribution >= 4 is 0 Å². The largest absolute Gasteiger partial charge is 0.508 e. The second-order valence-electron chi connectivity index (χ2n) is 8.80. The van der Waals surface area contributed by atoms with Crippen LogP contribution < -0.4 is 4.74 Å². The highest BCUT2D eigenvalue weighted by Crippen LogP contribution is 2.39. The number of benzene rings is 3. The van der Waals surface area contributed by atoms with E-state index < -0.39 is 11.6 Å². The lowest BCUT2D eigenvalue weighted by Gasteiger charge is -2.29. The molecule has 1 aliphatic carbocycles. The van der Waals surface area contributed by atoms with E-state index in [1.807, 2.05) is 6.92 Å². The SMILES string of the molecule is CCOCc1ccc(OCC2CCC(c3ccc(-c4ccc(O)cc4)c(F)c3F)CC2)cc1F. The third-order valence-electron chi connectivity index (χ3n) is 6.55. The number of hydrogen-bond acceptors (Lipinski definition) is 3. The number of rotatable bonds is 8. The molecule has 1 saturated carbocycles. The smallest absolute Gasteiger partial charge is 0.166 e. The number of phenolic OH excluding ortho intramolecular Hbond substituents is 1. The lowest BCUT2D eigenvalue weighted by Crippen LogP contribution is -2.20. The van der Waals surface area contributed by atoms with Crippen LogP contribution in [0.1, 0.15) is 49.7 Å². The third-order valence-corrected chi connectivity index (χ3v) is 6.55. The van der Waals surface area contributed by atoms with Gasteiger partial charge >= 0.3 is 0 Å². The van der Waals surface area contributed by atoms with Crippen LogP contribution in [-0.4, -0.2) is 18.3 Å². The van der Waals surface area contributed by atoms with Gasteiger partial charge in [0.25, 0.3) is 0 Å². The number of phenols is 1. The van der Waals surface area contributed by atoms with Crippen LogP contribution in [0.15, 0.2) is 54.6 Å². The minimum absolute atomic E-state index is 0.0464. The summed E-state index contributed by atoms with van der Waals surface area (Å²) in [4.78, 5) is 0. The highest BCUT2D eigenvalue weighted by molar-refractivity contribution is 5.65. The van der Waals surface area contributed by atoms with E-state index in [4.69, 9.17) is 9.47 Å². The molecule has 6 heteroatoms. The van der Waals surface area contributed by atoms with Crippen molar-refractivity contribution in [2.24, 2.45) is 5.92 Å².